The summed E-state index contributed by atoms with van der Waals surface area (Å²) in [5.74, 6) is 0. The van der Waals surface area contributed by atoms with Crippen LogP contribution in [0.5, 0.6) is 0 Å². The summed E-state index contributed by atoms with van der Waals surface area (Å²) in [5.41, 5.74) is 6.72. The normalized spacial score (nSPS) is 11.5. The smallest absolute Gasteiger partial charge is 0.0661 e. The van der Waals surface area contributed by atoms with E-state index in [1.807, 2.05) is 11.3 Å². The molecule has 0 fully saturated rings. The van der Waals surface area contributed by atoms with Gasteiger partial charge in [0.05, 0.1) is 10.4 Å². The molecule has 1 heterocycles. The Hall–Kier alpha value is -6.42. The highest BCUT2D eigenvalue weighted by molar-refractivity contribution is 7.27. The summed E-state index contributed by atoms with van der Waals surface area (Å²) in [7, 11) is 0. The van der Waals surface area contributed by atoms with Gasteiger partial charge < -0.3 is 9.80 Å². The van der Waals surface area contributed by atoms with Crippen LogP contribution in [0, 0.1) is 0 Å². The van der Waals surface area contributed by atoms with Crippen LogP contribution in [0.3, 0.4) is 0 Å². The zero-order chi connectivity index (χ0) is 33.7. The van der Waals surface area contributed by atoms with Crippen LogP contribution in [0.1, 0.15) is 0 Å². The fourth-order valence-electron chi connectivity index (χ4n) is 7.53. The number of rotatable bonds is 6. The Morgan fingerprint density at radius 2 is 0.784 bits per heavy atom. The van der Waals surface area contributed by atoms with Crippen LogP contribution in [-0.2, 0) is 0 Å². The van der Waals surface area contributed by atoms with Crippen molar-refractivity contribution in [2.45, 2.75) is 0 Å². The first-order chi connectivity index (χ1) is 25.3. The highest BCUT2D eigenvalue weighted by Crippen LogP contribution is 2.50. The largest absolute Gasteiger partial charge is 0.310 e. The van der Waals surface area contributed by atoms with Gasteiger partial charge in [0, 0.05) is 43.9 Å². The first-order valence-electron chi connectivity index (χ1n) is 17.3. The van der Waals surface area contributed by atoms with E-state index < -0.39 is 0 Å². The number of thiophene rings is 1. The summed E-state index contributed by atoms with van der Waals surface area (Å²) in [6.45, 7) is 0. The fourth-order valence-corrected chi connectivity index (χ4v) is 8.85. The number of hydrogen-bond donors (Lipinski definition) is 0. The van der Waals surface area contributed by atoms with Crippen molar-refractivity contribution in [1.29, 1.82) is 0 Å². The van der Waals surface area contributed by atoms with Crippen LogP contribution in [0.25, 0.3) is 52.5 Å². The third-order valence-electron chi connectivity index (χ3n) is 9.94. The Balaban J connectivity index is 1.31. The molecule has 0 aliphatic heterocycles. The van der Waals surface area contributed by atoms with Gasteiger partial charge in [-0.05, 0) is 93.0 Å². The average Bonchev–Trinajstić information content (AvgIpc) is 3.58. The lowest BCUT2D eigenvalue weighted by atomic mass is 10.0. The fraction of sp³-hybridized carbons (Fsp3) is 0. The second-order valence-corrected chi connectivity index (χ2v) is 14.0. The Kier molecular flexibility index (Phi) is 7.04. The summed E-state index contributed by atoms with van der Waals surface area (Å²) in [4.78, 5) is 4.85. The van der Waals surface area contributed by atoms with Gasteiger partial charge in [0.2, 0.25) is 0 Å². The summed E-state index contributed by atoms with van der Waals surface area (Å²) < 4.78 is 2.57. The molecule has 9 aromatic carbocycles. The molecule has 0 atom stereocenters. The Bertz CT molecular complexity index is 2880. The van der Waals surface area contributed by atoms with Crippen LogP contribution in [0.2, 0.25) is 0 Å². The van der Waals surface area contributed by atoms with Crippen molar-refractivity contribution in [3.63, 3.8) is 0 Å². The molecular weight excluding hydrogens is 637 g/mol. The number of para-hydroxylation sites is 2. The van der Waals surface area contributed by atoms with Crippen LogP contribution in [-0.4, -0.2) is 0 Å². The summed E-state index contributed by atoms with van der Waals surface area (Å²) in [6, 6.07) is 70.5. The molecule has 51 heavy (non-hydrogen) atoms. The number of hydrogen-bond acceptors (Lipinski definition) is 3. The Labute approximate surface area is 300 Å². The molecule has 0 aliphatic rings. The van der Waals surface area contributed by atoms with E-state index in [2.05, 4.69) is 204 Å². The van der Waals surface area contributed by atoms with Crippen molar-refractivity contribution in [1.82, 2.24) is 0 Å². The minimum absolute atomic E-state index is 1.11. The Morgan fingerprint density at radius 1 is 0.275 bits per heavy atom. The van der Waals surface area contributed by atoms with Crippen molar-refractivity contribution < 1.29 is 0 Å². The molecule has 2 nitrogen and oxygen atoms in total. The maximum absolute atomic E-state index is 2.44. The first-order valence-corrected chi connectivity index (χ1v) is 18.2. The lowest BCUT2D eigenvalue weighted by molar-refractivity contribution is 1.27. The Morgan fingerprint density at radius 3 is 1.43 bits per heavy atom. The van der Waals surface area contributed by atoms with E-state index in [1.54, 1.807) is 0 Å². The maximum Gasteiger partial charge on any atom is 0.0661 e. The van der Waals surface area contributed by atoms with E-state index in [-0.39, 0.29) is 0 Å². The lowest BCUT2D eigenvalue weighted by Crippen LogP contribution is -2.13. The van der Waals surface area contributed by atoms with Gasteiger partial charge in [0.15, 0.2) is 0 Å². The molecule has 3 heteroatoms. The quantitative estimate of drug-likeness (QED) is 0.174. The van der Waals surface area contributed by atoms with Crippen LogP contribution >= 0.6 is 11.3 Å². The molecular formula is C48H32N2S. The van der Waals surface area contributed by atoms with Crippen LogP contribution < -0.4 is 9.80 Å². The molecule has 0 spiro atoms. The highest BCUT2D eigenvalue weighted by atomic mass is 32.1. The predicted octanol–water partition coefficient (Wildman–Crippen LogP) is 14.5. The van der Waals surface area contributed by atoms with E-state index in [1.165, 1.54) is 52.5 Å². The molecule has 0 bridgehead atoms. The topological polar surface area (TPSA) is 6.48 Å². The molecule has 0 unspecified atom stereocenters. The molecule has 0 saturated carbocycles. The van der Waals surface area contributed by atoms with E-state index in [9.17, 15) is 0 Å². The van der Waals surface area contributed by atoms with Crippen molar-refractivity contribution in [3.8, 4) is 0 Å². The van der Waals surface area contributed by atoms with E-state index >= 15 is 0 Å². The van der Waals surface area contributed by atoms with Gasteiger partial charge in [-0.3, -0.25) is 0 Å². The van der Waals surface area contributed by atoms with Gasteiger partial charge in [-0.25, -0.2) is 0 Å². The van der Waals surface area contributed by atoms with E-state index in [0.717, 1.165) is 34.1 Å². The minimum Gasteiger partial charge on any atom is -0.310 e. The zero-order valence-corrected chi connectivity index (χ0v) is 28.6. The summed E-state index contributed by atoms with van der Waals surface area (Å²) >= 11 is 1.89. The van der Waals surface area contributed by atoms with E-state index in [0.29, 0.717) is 0 Å². The molecule has 0 saturated heterocycles. The second kappa shape index (κ2) is 12.2. The summed E-state index contributed by atoms with van der Waals surface area (Å²) in [6.07, 6.45) is 0. The standard InChI is InChI=1S/C48H32N2S/c1-3-18-38(19-4-1)49(40-26-23-33-13-7-9-16-36(33)29-40)42-31-45-44-28-25-35-15-11-12-22-43(35)47(44)51-48(45)46(32-42)50(39-20-5-2-6-21-39)41-27-24-34-14-8-10-17-37(34)30-41/h1-32H. The molecule has 240 valence electrons. The molecule has 1 aromatic heterocycles. The summed E-state index contributed by atoms with van der Waals surface area (Å²) in [5, 5.41) is 9.96. The van der Waals surface area contributed by atoms with Crippen LogP contribution in [0.15, 0.2) is 194 Å². The van der Waals surface area contributed by atoms with E-state index in [4.69, 9.17) is 0 Å². The molecule has 0 amide bonds. The third-order valence-corrected chi connectivity index (χ3v) is 11.2. The maximum atomic E-state index is 2.44. The minimum atomic E-state index is 1.11. The third kappa shape index (κ3) is 5.10. The average molecular weight is 669 g/mol. The van der Waals surface area contributed by atoms with Gasteiger partial charge in [-0.15, -0.1) is 11.3 Å². The molecule has 0 N–H and O–H groups in total. The van der Waals surface area contributed by atoms with Gasteiger partial charge in [-0.2, -0.15) is 0 Å². The second-order valence-electron chi connectivity index (χ2n) is 13.0. The first kappa shape index (κ1) is 29.5. The van der Waals surface area contributed by atoms with Gasteiger partial charge in [0.1, 0.15) is 0 Å². The van der Waals surface area contributed by atoms with Gasteiger partial charge >= 0.3 is 0 Å². The number of nitrogens with zero attached hydrogens (tertiary/aromatic N) is 2. The highest BCUT2D eigenvalue weighted by Gasteiger charge is 2.23. The zero-order valence-electron chi connectivity index (χ0n) is 27.8. The van der Waals surface area contributed by atoms with Crippen molar-refractivity contribution >= 4 is 98.0 Å². The molecule has 10 aromatic rings. The lowest BCUT2D eigenvalue weighted by Gasteiger charge is -2.30. The molecule has 0 radical (unpaired) electrons. The van der Waals surface area contributed by atoms with Crippen molar-refractivity contribution in [3.05, 3.63) is 194 Å². The van der Waals surface area contributed by atoms with Crippen molar-refractivity contribution in [2.75, 3.05) is 9.80 Å². The number of anilines is 6. The SMILES string of the molecule is c1ccc(N(c2ccc3ccccc3c2)c2cc(N(c3ccccc3)c3ccc4ccccc4c3)c3sc4c5ccccc5ccc4c3c2)cc1. The van der Waals surface area contributed by atoms with Crippen LogP contribution in [0.4, 0.5) is 34.1 Å². The van der Waals surface area contributed by atoms with Gasteiger partial charge in [-0.1, -0.05) is 133 Å². The monoisotopic (exact) mass is 668 g/mol. The number of benzene rings is 9. The number of fused-ring (bicyclic) bond motifs is 7. The predicted molar refractivity (Wildman–Crippen MR) is 221 cm³/mol. The molecule has 0 aliphatic carbocycles. The van der Waals surface area contributed by atoms with Gasteiger partial charge in [0.25, 0.3) is 0 Å². The molecule has 10 rings (SSSR count). The van der Waals surface area contributed by atoms with Crippen molar-refractivity contribution in [2.24, 2.45) is 0 Å².